The molecule has 0 bridgehead atoms. The lowest BCUT2D eigenvalue weighted by molar-refractivity contribution is -0.276. The zero-order valence-electron chi connectivity index (χ0n) is 8.84. The standard InChI is InChI=1S/C9H2F10O/c10-5-1-4(8(14,15)16)6(20-9(17,18)19)2-3(5)7(11,12)13/h1-2H. The minimum absolute atomic E-state index is 0.689. The topological polar surface area (TPSA) is 9.23 Å². The molecule has 0 aliphatic rings. The molecule has 0 aliphatic heterocycles. The zero-order valence-corrected chi connectivity index (χ0v) is 8.84. The Morgan fingerprint density at radius 2 is 1.15 bits per heavy atom. The van der Waals surface area contributed by atoms with E-state index in [1.807, 2.05) is 0 Å². The summed E-state index contributed by atoms with van der Waals surface area (Å²) in [5.41, 5.74) is -4.61. The summed E-state index contributed by atoms with van der Waals surface area (Å²) in [5, 5.41) is 0. The molecule has 0 N–H and O–H groups in total. The van der Waals surface area contributed by atoms with E-state index in [0.717, 1.165) is 0 Å². The molecule has 0 saturated carbocycles. The fourth-order valence-electron chi connectivity index (χ4n) is 1.20. The Kier molecular flexibility index (Phi) is 3.85. The van der Waals surface area contributed by atoms with Crippen molar-refractivity contribution in [1.82, 2.24) is 0 Å². The average molecular weight is 316 g/mol. The van der Waals surface area contributed by atoms with E-state index in [0.29, 0.717) is 0 Å². The highest BCUT2D eigenvalue weighted by molar-refractivity contribution is 5.41. The van der Waals surface area contributed by atoms with Crippen LogP contribution in [0.5, 0.6) is 5.75 Å². The van der Waals surface area contributed by atoms with Crippen molar-refractivity contribution in [1.29, 1.82) is 0 Å². The molecule has 0 fully saturated rings. The summed E-state index contributed by atoms with van der Waals surface area (Å²) in [6.07, 6.45) is -16.7. The minimum Gasteiger partial charge on any atom is -0.405 e. The maximum Gasteiger partial charge on any atom is 0.573 e. The van der Waals surface area contributed by atoms with Crippen LogP contribution in [0.4, 0.5) is 43.9 Å². The second kappa shape index (κ2) is 4.70. The molecule has 20 heavy (non-hydrogen) atoms. The number of hydrogen-bond donors (Lipinski definition) is 0. The van der Waals surface area contributed by atoms with E-state index in [1.165, 1.54) is 0 Å². The lowest BCUT2D eigenvalue weighted by Crippen LogP contribution is -2.21. The van der Waals surface area contributed by atoms with Crippen molar-refractivity contribution >= 4 is 0 Å². The molecule has 0 saturated heterocycles. The van der Waals surface area contributed by atoms with Crippen LogP contribution in [0.3, 0.4) is 0 Å². The van der Waals surface area contributed by atoms with Gasteiger partial charge in [0, 0.05) is 0 Å². The number of rotatable bonds is 1. The first-order valence-electron chi connectivity index (χ1n) is 4.45. The molecule has 1 aromatic rings. The van der Waals surface area contributed by atoms with Crippen molar-refractivity contribution in [3.05, 3.63) is 29.1 Å². The Hall–Kier alpha value is -1.68. The zero-order chi connectivity index (χ0) is 15.9. The number of alkyl halides is 9. The summed E-state index contributed by atoms with van der Waals surface area (Å²) in [5.74, 6) is -4.54. The Balaban J connectivity index is 3.51. The van der Waals surface area contributed by atoms with E-state index >= 15 is 0 Å². The summed E-state index contributed by atoms with van der Waals surface area (Å²) >= 11 is 0. The molecule has 1 rings (SSSR count). The summed E-state index contributed by atoms with van der Waals surface area (Å²) in [6.45, 7) is 0. The molecule has 0 aliphatic carbocycles. The van der Waals surface area contributed by atoms with Gasteiger partial charge in [-0.15, -0.1) is 13.2 Å². The van der Waals surface area contributed by atoms with E-state index in [4.69, 9.17) is 0 Å². The van der Waals surface area contributed by atoms with Crippen molar-refractivity contribution in [2.45, 2.75) is 18.7 Å². The van der Waals surface area contributed by atoms with Crippen molar-refractivity contribution in [2.24, 2.45) is 0 Å². The van der Waals surface area contributed by atoms with Crippen LogP contribution in [-0.2, 0) is 12.4 Å². The van der Waals surface area contributed by atoms with Crippen LogP contribution in [-0.4, -0.2) is 6.36 Å². The van der Waals surface area contributed by atoms with Gasteiger partial charge >= 0.3 is 18.7 Å². The van der Waals surface area contributed by atoms with Gasteiger partial charge in [0.25, 0.3) is 0 Å². The van der Waals surface area contributed by atoms with E-state index in [-0.39, 0.29) is 0 Å². The molecule has 0 atom stereocenters. The maximum absolute atomic E-state index is 12.9. The summed E-state index contributed by atoms with van der Waals surface area (Å²) in [4.78, 5) is 0. The first-order valence-corrected chi connectivity index (χ1v) is 4.45. The normalized spacial score (nSPS) is 13.5. The second-order valence-electron chi connectivity index (χ2n) is 3.37. The van der Waals surface area contributed by atoms with Gasteiger partial charge in [-0.3, -0.25) is 0 Å². The summed E-state index contributed by atoms with van der Waals surface area (Å²) in [7, 11) is 0. The van der Waals surface area contributed by atoms with Crippen LogP contribution >= 0.6 is 0 Å². The van der Waals surface area contributed by atoms with Crippen molar-refractivity contribution in [2.75, 3.05) is 0 Å². The molecule has 11 heteroatoms. The molecule has 0 heterocycles. The second-order valence-corrected chi connectivity index (χ2v) is 3.37. The van der Waals surface area contributed by atoms with Crippen molar-refractivity contribution in [3.8, 4) is 5.75 Å². The van der Waals surface area contributed by atoms with Gasteiger partial charge in [-0.05, 0) is 12.1 Å². The van der Waals surface area contributed by atoms with Crippen LogP contribution in [0, 0.1) is 5.82 Å². The highest BCUT2D eigenvalue weighted by Gasteiger charge is 2.43. The Labute approximate surface area is 103 Å². The molecule has 0 aromatic heterocycles. The van der Waals surface area contributed by atoms with Gasteiger partial charge in [0.15, 0.2) is 0 Å². The highest BCUT2D eigenvalue weighted by atomic mass is 19.4. The Bertz CT molecular complexity index is 495. The van der Waals surface area contributed by atoms with E-state index in [2.05, 4.69) is 4.74 Å². The quantitative estimate of drug-likeness (QED) is 0.679. The number of benzene rings is 1. The molecule has 0 spiro atoms. The molecule has 114 valence electrons. The molecule has 0 radical (unpaired) electrons. The predicted octanol–water partition coefficient (Wildman–Crippen LogP) is 4.76. The average Bonchev–Trinajstić information content (AvgIpc) is 2.14. The monoisotopic (exact) mass is 316 g/mol. The van der Waals surface area contributed by atoms with Crippen molar-refractivity contribution < 1.29 is 48.6 Å². The van der Waals surface area contributed by atoms with E-state index in [1.54, 1.807) is 0 Å². The highest BCUT2D eigenvalue weighted by Crippen LogP contribution is 2.43. The van der Waals surface area contributed by atoms with Crippen LogP contribution in [0.15, 0.2) is 12.1 Å². The maximum atomic E-state index is 12.9. The third kappa shape index (κ3) is 3.90. The lowest BCUT2D eigenvalue weighted by Gasteiger charge is -2.18. The third-order valence-electron chi connectivity index (χ3n) is 1.91. The van der Waals surface area contributed by atoms with Gasteiger partial charge < -0.3 is 4.74 Å². The van der Waals surface area contributed by atoms with Gasteiger partial charge in [0.2, 0.25) is 0 Å². The lowest BCUT2D eigenvalue weighted by atomic mass is 10.1. The van der Waals surface area contributed by atoms with Gasteiger partial charge in [-0.1, -0.05) is 0 Å². The number of ether oxygens (including phenoxy) is 1. The number of hydrogen-bond acceptors (Lipinski definition) is 1. The number of halogens is 10. The summed E-state index contributed by atoms with van der Waals surface area (Å²) in [6, 6.07) is -1.39. The largest absolute Gasteiger partial charge is 0.573 e. The summed E-state index contributed by atoms with van der Waals surface area (Å²) < 4.78 is 125. The fourth-order valence-corrected chi connectivity index (χ4v) is 1.20. The SMILES string of the molecule is Fc1cc(C(F)(F)F)c(OC(F)(F)F)cc1C(F)(F)F. The molecule has 0 amide bonds. The van der Waals surface area contributed by atoms with Crippen molar-refractivity contribution in [3.63, 3.8) is 0 Å². The smallest absolute Gasteiger partial charge is 0.405 e. The van der Waals surface area contributed by atoms with Crippen LogP contribution in [0.2, 0.25) is 0 Å². The predicted molar refractivity (Wildman–Crippen MR) is 43.1 cm³/mol. The third-order valence-corrected chi connectivity index (χ3v) is 1.91. The van der Waals surface area contributed by atoms with Crippen LogP contribution < -0.4 is 4.74 Å². The van der Waals surface area contributed by atoms with Gasteiger partial charge in [-0.25, -0.2) is 4.39 Å². The molecular formula is C9H2F10O. The minimum atomic E-state index is -5.67. The van der Waals surface area contributed by atoms with Gasteiger partial charge in [0.1, 0.15) is 17.1 Å². The first-order chi connectivity index (χ1) is 8.72. The van der Waals surface area contributed by atoms with Crippen LogP contribution in [0.25, 0.3) is 0 Å². The van der Waals surface area contributed by atoms with E-state index < -0.39 is 53.5 Å². The first kappa shape index (κ1) is 16.4. The molecule has 0 unspecified atom stereocenters. The van der Waals surface area contributed by atoms with E-state index in [9.17, 15) is 43.9 Å². The fraction of sp³-hybridized carbons (Fsp3) is 0.333. The Morgan fingerprint density at radius 3 is 1.50 bits per heavy atom. The Morgan fingerprint density at radius 1 is 0.700 bits per heavy atom. The molecular weight excluding hydrogens is 314 g/mol. The van der Waals surface area contributed by atoms with Gasteiger partial charge in [-0.2, -0.15) is 26.3 Å². The molecule has 1 aromatic carbocycles. The van der Waals surface area contributed by atoms with Crippen LogP contribution in [0.1, 0.15) is 11.1 Å². The van der Waals surface area contributed by atoms with Gasteiger partial charge in [0.05, 0.1) is 5.56 Å². The molecule has 1 nitrogen and oxygen atoms in total.